The second-order valence-corrected chi connectivity index (χ2v) is 8.69. The number of carbonyl (C=O) groups is 1. The van der Waals surface area contributed by atoms with Crippen LogP contribution in [0.1, 0.15) is 22.0 Å². The molecule has 0 radical (unpaired) electrons. The van der Waals surface area contributed by atoms with E-state index in [4.69, 9.17) is 0 Å². The molecule has 0 bridgehead atoms. The molecule has 1 saturated heterocycles. The molecule has 1 aliphatic rings. The Balaban J connectivity index is 1.52. The number of aryl methyl sites for hydroxylation is 2. The largest absolute Gasteiger partial charge is 0.332 e. The van der Waals surface area contributed by atoms with Crippen LogP contribution in [0.4, 0.5) is 0 Å². The summed E-state index contributed by atoms with van der Waals surface area (Å²) in [6, 6.07) is 3.97. The van der Waals surface area contributed by atoms with E-state index >= 15 is 0 Å². The molecule has 1 N–H and O–H groups in total. The molecule has 4 heterocycles. The Morgan fingerprint density at radius 2 is 2.30 bits per heavy atom. The van der Waals surface area contributed by atoms with E-state index < -0.39 is 0 Å². The van der Waals surface area contributed by atoms with E-state index in [2.05, 4.69) is 34.1 Å². The zero-order valence-corrected chi connectivity index (χ0v) is 16.9. The highest BCUT2D eigenvalue weighted by Gasteiger charge is 2.28. The van der Waals surface area contributed by atoms with Crippen LogP contribution in [0.2, 0.25) is 0 Å². The molecule has 6 nitrogen and oxygen atoms in total. The second kappa shape index (κ2) is 7.92. The Hall–Kier alpha value is -2.03. The van der Waals surface area contributed by atoms with Crippen LogP contribution in [-0.4, -0.2) is 51.1 Å². The number of fused-ring (bicyclic) bond motifs is 1. The van der Waals surface area contributed by atoms with Crippen molar-refractivity contribution in [1.82, 2.24) is 25.2 Å². The van der Waals surface area contributed by atoms with Gasteiger partial charge in [0.1, 0.15) is 16.2 Å². The normalized spacial score (nSPS) is 17.4. The number of aromatic nitrogens is 3. The number of pyridine rings is 1. The Kier molecular flexibility index (Phi) is 5.38. The molecule has 8 heteroatoms. The van der Waals surface area contributed by atoms with Crippen LogP contribution in [-0.2, 0) is 4.79 Å². The lowest BCUT2D eigenvalue weighted by Gasteiger charge is -2.36. The molecule has 1 fully saturated rings. The molecule has 140 valence electrons. The van der Waals surface area contributed by atoms with E-state index in [1.807, 2.05) is 23.2 Å². The molecular formula is C19H21N5OS2. The lowest BCUT2D eigenvalue weighted by molar-refractivity contribution is -0.131. The van der Waals surface area contributed by atoms with Gasteiger partial charge in [0.15, 0.2) is 0 Å². The van der Waals surface area contributed by atoms with Crippen molar-refractivity contribution < 1.29 is 4.79 Å². The van der Waals surface area contributed by atoms with E-state index in [-0.39, 0.29) is 11.9 Å². The van der Waals surface area contributed by atoms with Gasteiger partial charge in [-0.15, -0.1) is 11.3 Å². The summed E-state index contributed by atoms with van der Waals surface area (Å²) < 4.78 is 0. The van der Waals surface area contributed by atoms with Crippen molar-refractivity contribution in [2.45, 2.75) is 24.9 Å². The Morgan fingerprint density at radius 1 is 1.41 bits per heavy atom. The lowest BCUT2D eigenvalue weighted by Crippen LogP contribution is -2.49. The predicted octanol–water partition coefficient (Wildman–Crippen LogP) is 2.97. The summed E-state index contributed by atoms with van der Waals surface area (Å²) in [5.41, 5.74) is 2.28. The number of thiophene rings is 1. The molecule has 27 heavy (non-hydrogen) atoms. The third kappa shape index (κ3) is 3.69. The molecule has 1 unspecified atom stereocenters. The fourth-order valence-corrected chi connectivity index (χ4v) is 5.35. The molecule has 0 aliphatic carbocycles. The number of hydrogen-bond donors (Lipinski definition) is 1. The van der Waals surface area contributed by atoms with Gasteiger partial charge in [-0.3, -0.25) is 9.78 Å². The van der Waals surface area contributed by atoms with Gasteiger partial charge < -0.3 is 10.2 Å². The van der Waals surface area contributed by atoms with Crippen LogP contribution in [0.25, 0.3) is 10.2 Å². The second-order valence-electron chi connectivity index (χ2n) is 6.52. The van der Waals surface area contributed by atoms with Crippen molar-refractivity contribution >= 4 is 39.2 Å². The summed E-state index contributed by atoms with van der Waals surface area (Å²) in [6.07, 6.45) is 5.19. The van der Waals surface area contributed by atoms with Crippen LogP contribution in [0.5, 0.6) is 0 Å². The van der Waals surface area contributed by atoms with Crippen molar-refractivity contribution in [3.63, 3.8) is 0 Å². The SMILES string of the molecule is Cc1sc2ncnc(SCC(=O)N3CCNCC3c3cccnc3)c2c1C. The van der Waals surface area contributed by atoms with Gasteiger partial charge in [0.05, 0.1) is 11.8 Å². The van der Waals surface area contributed by atoms with E-state index in [0.717, 1.165) is 33.9 Å². The Labute approximate surface area is 166 Å². The maximum absolute atomic E-state index is 13.0. The minimum Gasteiger partial charge on any atom is -0.332 e. The Morgan fingerprint density at radius 3 is 3.11 bits per heavy atom. The molecule has 0 aromatic carbocycles. The molecule has 1 atom stereocenters. The van der Waals surface area contributed by atoms with Crippen molar-refractivity contribution in [1.29, 1.82) is 0 Å². The van der Waals surface area contributed by atoms with Gasteiger partial charge in [0, 0.05) is 42.3 Å². The quantitative estimate of drug-likeness (QED) is 0.537. The molecule has 1 aliphatic heterocycles. The average Bonchev–Trinajstić information content (AvgIpc) is 3.01. The molecular weight excluding hydrogens is 378 g/mol. The molecule has 0 saturated carbocycles. The van der Waals surface area contributed by atoms with Crippen LogP contribution in [0, 0.1) is 13.8 Å². The van der Waals surface area contributed by atoms with Gasteiger partial charge in [0.2, 0.25) is 5.91 Å². The summed E-state index contributed by atoms with van der Waals surface area (Å²) in [5.74, 6) is 0.503. The standard InChI is InChI=1S/C19H21N5OS2/c1-12-13(2)27-19-17(12)18(22-11-23-19)26-10-16(25)24-7-6-21-9-15(24)14-4-3-5-20-8-14/h3-5,8,11,15,21H,6-7,9-10H2,1-2H3. The fraction of sp³-hybridized carbons (Fsp3) is 0.368. The highest BCUT2D eigenvalue weighted by atomic mass is 32.2. The van der Waals surface area contributed by atoms with E-state index in [1.54, 1.807) is 23.9 Å². The number of hydrogen-bond acceptors (Lipinski definition) is 7. The Bertz CT molecular complexity index is 959. The lowest BCUT2D eigenvalue weighted by atomic mass is 10.1. The fourth-order valence-electron chi connectivity index (χ4n) is 3.35. The molecule has 3 aromatic rings. The summed E-state index contributed by atoms with van der Waals surface area (Å²) in [5, 5.41) is 5.36. The maximum Gasteiger partial charge on any atom is 0.233 e. The van der Waals surface area contributed by atoms with E-state index in [0.29, 0.717) is 12.3 Å². The molecule has 1 amide bonds. The number of nitrogens with one attached hydrogen (secondary N) is 1. The van der Waals surface area contributed by atoms with Crippen LogP contribution < -0.4 is 5.32 Å². The first kappa shape index (κ1) is 18.3. The summed E-state index contributed by atoms with van der Waals surface area (Å²) in [6.45, 7) is 6.46. The number of nitrogens with zero attached hydrogens (tertiary/aromatic N) is 4. The van der Waals surface area contributed by atoms with Gasteiger partial charge in [-0.1, -0.05) is 17.8 Å². The number of thioether (sulfide) groups is 1. The first-order valence-corrected chi connectivity index (χ1v) is 10.7. The van der Waals surface area contributed by atoms with Crippen molar-refractivity contribution in [3.05, 3.63) is 46.9 Å². The number of rotatable bonds is 4. The minimum absolute atomic E-state index is 0.0242. The van der Waals surface area contributed by atoms with Crippen LogP contribution in [0.15, 0.2) is 35.9 Å². The van der Waals surface area contributed by atoms with Gasteiger partial charge in [-0.25, -0.2) is 9.97 Å². The maximum atomic E-state index is 13.0. The number of carbonyl (C=O) groups excluding carboxylic acids is 1. The van der Waals surface area contributed by atoms with E-state index in [9.17, 15) is 4.79 Å². The molecule has 0 spiro atoms. The highest BCUT2D eigenvalue weighted by molar-refractivity contribution is 8.00. The number of piperazine rings is 1. The first-order chi connectivity index (χ1) is 13.1. The van der Waals surface area contributed by atoms with Gasteiger partial charge >= 0.3 is 0 Å². The van der Waals surface area contributed by atoms with Crippen molar-refractivity contribution in [3.8, 4) is 0 Å². The number of amides is 1. The van der Waals surface area contributed by atoms with Crippen molar-refractivity contribution in [2.75, 3.05) is 25.4 Å². The predicted molar refractivity (Wildman–Crippen MR) is 109 cm³/mol. The highest BCUT2D eigenvalue weighted by Crippen LogP contribution is 2.34. The summed E-state index contributed by atoms with van der Waals surface area (Å²) >= 11 is 3.18. The first-order valence-electron chi connectivity index (χ1n) is 8.88. The van der Waals surface area contributed by atoms with Crippen LogP contribution >= 0.6 is 23.1 Å². The molecule has 4 rings (SSSR count). The van der Waals surface area contributed by atoms with Crippen LogP contribution in [0.3, 0.4) is 0 Å². The summed E-state index contributed by atoms with van der Waals surface area (Å²) in [4.78, 5) is 30.2. The third-order valence-corrected chi connectivity index (χ3v) is 6.99. The smallest absolute Gasteiger partial charge is 0.233 e. The third-order valence-electron chi connectivity index (χ3n) is 4.90. The van der Waals surface area contributed by atoms with Gasteiger partial charge in [-0.05, 0) is 31.0 Å². The van der Waals surface area contributed by atoms with E-state index in [1.165, 1.54) is 22.2 Å². The van der Waals surface area contributed by atoms with Gasteiger partial charge in [0.25, 0.3) is 0 Å². The van der Waals surface area contributed by atoms with Crippen molar-refractivity contribution in [2.24, 2.45) is 0 Å². The minimum atomic E-state index is 0.0242. The summed E-state index contributed by atoms with van der Waals surface area (Å²) in [7, 11) is 0. The van der Waals surface area contributed by atoms with Gasteiger partial charge in [-0.2, -0.15) is 0 Å². The average molecular weight is 400 g/mol. The topological polar surface area (TPSA) is 71.0 Å². The zero-order valence-electron chi connectivity index (χ0n) is 15.3. The molecule has 3 aromatic heterocycles. The monoisotopic (exact) mass is 399 g/mol. The zero-order chi connectivity index (χ0) is 18.8.